The number of nitrogens with two attached hydrogens (primary N) is 2. The van der Waals surface area contributed by atoms with Gasteiger partial charge in [-0.1, -0.05) is 12.1 Å². The van der Waals surface area contributed by atoms with Crippen LogP contribution in [0.3, 0.4) is 0 Å². The van der Waals surface area contributed by atoms with Crippen molar-refractivity contribution in [1.82, 2.24) is 0 Å². The summed E-state index contributed by atoms with van der Waals surface area (Å²) >= 11 is 0. The van der Waals surface area contributed by atoms with E-state index in [4.69, 9.17) is 31.2 Å². The van der Waals surface area contributed by atoms with Crippen LogP contribution < -0.4 is 20.9 Å². The zero-order chi connectivity index (χ0) is 18.3. The van der Waals surface area contributed by atoms with Crippen LogP contribution in [0.4, 0.5) is 11.4 Å². The molecule has 24 heavy (non-hydrogen) atoms. The lowest BCUT2D eigenvalue weighted by atomic mass is 10.2. The van der Waals surface area contributed by atoms with Gasteiger partial charge < -0.3 is 31.2 Å². The number of methoxy groups -OCH3 is 2. The molecule has 0 spiro atoms. The van der Waals surface area contributed by atoms with Crippen LogP contribution in [0.2, 0.25) is 0 Å². The van der Waals surface area contributed by atoms with Crippen molar-refractivity contribution in [3.63, 3.8) is 0 Å². The van der Waals surface area contributed by atoms with E-state index in [1.54, 1.807) is 24.3 Å². The first-order valence-corrected chi connectivity index (χ1v) is 6.65. The zero-order valence-corrected chi connectivity index (χ0v) is 13.1. The Morgan fingerprint density at radius 3 is 1.38 bits per heavy atom. The summed E-state index contributed by atoms with van der Waals surface area (Å²) in [5, 5.41) is 17.3. The van der Waals surface area contributed by atoms with Crippen molar-refractivity contribution in [2.24, 2.45) is 0 Å². The molecule has 0 bridgehead atoms. The van der Waals surface area contributed by atoms with Crippen molar-refractivity contribution in [2.75, 3.05) is 25.7 Å². The molecule has 0 heterocycles. The Hall–Kier alpha value is -3.42. The first-order chi connectivity index (χ1) is 11.3. The van der Waals surface area contributed by atoms with Gasteiger partial charge in [-0.25, -0.2) is 9.59 Å². The van der Waals surface area contributed by atoms with Crippen molar-refractivity contribution >= 4 is 23.3 Å². The van der Waals surface area contributed by atoms with E-state index in [2.05, 4.69) is 0 Å². The second-order valence-corrected chi connectivity index (χ2v) is 4.45. The second-order valence-electron chi connectivity index (χ2n) is 4.45. The number of nitrogen functional groups attached to an aromatic ring is 2. The van der Waals surface area contributed by atoms with E-state index in [1.807, 2.05) is 0 Å². The summed E-state index contributed by atoms with van der Waals surface area (Å²) < 4.78 is 9.69. The summed E-state index contributed by atoms with van der Waals surface area (Å²) in [5.74, 6) is -1.33. The molecule has 2 rings (SSSR count). The summed E-state index contributed by atoms with van der Waals surface area (Å²) in [6.07, 6.45) is 0. The number of rotatable bonds is 4. The molecule has 0 amide bonds. The van der Waals surface area contributed by atoms with Crippen molar-refractivity contribution < 1.29 is 29.3 Å². The van der Waals surface area contributed by atoms with Crippen molar-refractivity contribution in [2.45, 2.75) is 0 Å². The standard InChI is InChI=1S/2C8H9NO3/c2*1-12-6-4-2-3-5(7(6)9)8(10)11/h2*2-4H,9H2,1H3,(H,10,11). The highest BCUT2D eigenvalue weighted by molar-refractivity contribution is 5.95. The molecule has 6 N–H and O–H groups in total. The first-order valence-electron chi connectivity index (χ1n) is 6.65. The highest BCUT2D eigenvalue weighted by Crippen LogP contribution is 2.25. The highest BCUT2D eigenvalue weighted by atomic mass is 16.5. The van der Waals surface area contributed by atoms with Crippen LogP contribution in [0.5, 0.6) is 11.5 Å². The Labute approximate surface area is 138 Å². The number of para-hydroxylation sites is 2. The maximum atomic E-state index is 10.6. The van der Waals surface area contributed by atoms with Gasteiger partial charge in [0.15, 0.2) is 0 Å². The molecule has 2 aromatic rings. The Kier molecular flexibility index (Phi) is 6.42. The molecule has 8 heteroatoms. The van der Waals surface area contributed by atoms with Crippen LogP contribution in [0, 0.1) is 0 Å². The minimum absolute atomic E-state index is 0.0642. The van der Waals surface area contributed by atoms with Gasteiger partial charge in [0.25, 0.3) is 0 Å². The van der Waals surface area contributed by atoms with E-state index in [0.717, 1.165) is 0 Å². The van der Waals surface area contributed by atoms with E-state index < -0.39 is 11.9 Å². The molecule has 0 saturated heterocycles. The molecule has 0 atom stereocenters. The molecule has 0 aromatic heterocycles. The average Bonchev–Trinajstić information content (AvgIpc) is 2.55. The molecule has 0 saturated carbocycles. The second kappa shape index (κ2) is 8.28. The van der Waals surface area contributed by atoms with Gasteiger partial charge in [-0.15, -0.1) is 0 Å². The topological polar surface area (TPSA) is 145 Å². The van der Waals surface area contributed by atoms with Gasteiger partial charge >= 0.3 is 11.9 Å². The van der Waals surface area contributed by atoms with E-state index >= 15 is 0 Å². The van der Waals surface area contributed by atoms with Crippen LogP contribution in [0.15, 0.2) is 36.4 Å². The largest absolute Gasteiger partial charge is 0.495 e. The number of aromatic carboxylic acids is 2. The van der Waals surface area contributed by atoms with Crippen molar-refractivity contribution in [3.8, 4) is 11.5 Å². The predicted molar refractivity (Wildman–Crippen MR) is 88.7 cm³/mol. The molecule has 0 unspecified atom stereocenters. The van der Waals surface area contributed by atoms with Crippen LogP contribution in [0.25, 0.3) is 0 Å². The third kappa shape index (κ3) is 4.29. The number of anilines is 2. The molecule has 0 radical (unpaired) electrons. The highest BCUT2D eigenvalue weighted by Gasteiger charge is 2.11. The molecule has 0 aliphatic heterocycles. The van der Waals surface area contributed by atoms with E-state index in [0.29, 0.717) is 11.5 Å². The molecule has 2 aromatic carbocycles. The zero-order valence-electron chi connectivity index (χ0n) is 13.1. The quantitative estimate of drug-likeness (QED) is 0.621. The van der Waals surface area contributed by atoms with E-state index in [9.17, 15) is 9.59 Å². The number of hydrogen-bond donors (Lipinski definition) is 4. The fraction of sp³-hybridized carbons (Fsp3) is 0.125. The summed E-state index contributed by atoms with van der Waals surface area (Å²) in [6, 6.07) is 9.25. The summed E-state index contributed by atoms with van der Waals surface area (Å²) in [4.78, 5) is 21.1. The van der Waals surface area contributed by atoms with Crippen LogP contribution in [-0.4, -0.2) is 36.4 Å². The fourth-order valence-corrected chi connectivity index (χ4v) is 1.82. The maximum absolute atomic E-state index is 10.6. The van der Waals surface area contributed by atoms with Gasteiger partial charge in [-0.2, -0.15) is 0 Å². The van der Waals surface area contributed by atoms with Gasteiger partial charge in [-0.3, -0.25) is 0 Å². The maximum Gasteiger partial charge on any atom is 0.337 e. The van der Waals surface area contributed by atoms with Gasteiger partial charge in [0.2, 0.25) is 0 Å². The Morgan fingerprint density at radius 2 is 1.12 bits per heavy atom. The summed E-state index contributed by atoms with van der Waals surface area (Å²) in [6.45, 7) is 0. The number of hydrogen-bond acceptors (Lipinski definition) is 6. The third-order valence-electron chi connectivity index (χ3n) is 3.03. The van der Waals surface area contributed by atoms with Crippen LogP contribution in [0.1, 0.15) is 20.7 Å². The minimum atomic E-state index is -1.05. The van der Waals surface area contributed by atoms with E-state index in [-0.39, 0.29) is 22.5 Å². The van der Waals surface area contributed by atoms with Gasteiger partial charge in [0, 0.05) is 0 Å². The molecular weight excluding hydrogens is 316 g/mol. The SMILES string of the molecule is COc1cccc(C(=O)O)c1N.COc1cccc(C(=O)O)c1N. The molecule has 0 aliphatic rings. The summed E-state index contributed by atoms with van der Waals surface area (Å²) in [5.41, 5.74) is 11.4. The van der Waals surface area contributed by atoms with Gasteiger partial charge in [0.05, 0.1) is 36.7 Å². The van der Waals surface area contributed by atoms with E-state index in [1.165, 1.54) is 26.4 Å². The lowest BCUT2D eigenvalue weighted by Gasteiger charge is -2.05. The Bertz CT molecular complexity index is 682. The number of benzene rings is 2. The molecule has 8 nitrogen and oxygen atoms in total. The Morgan fingerprint density at radius 1 is 0.792 bits per heavy atom. The minimum Gasteiger partial charge on any atom is -0.495 e. The average molecular weight is 334 g/mol. The van der Waals surface area contributed by atoms with Gasteiger partial charge in [0.1, 0.15) is 11.5 Å². The van der Waals surface area contributed by atoms with Crippen LogP contribution in [-0.2, 0) is 0 Å². The summed E-state index contributed by atoms with van der Waals surface area (Å²) in [7, 11) is 2.88. The molecule has 128 valence electrons. The third-order valence-corrected chi connectivity index (χ3v) is 3.03. The van der Waals surface area contributed by atoms with Crippen molar-refractivity contribution in [3.05, 3.63) is 47.5 Å². The number of ether oxygens (including phenoxy) is 2. The predicted octanol–water partition coefficient (Wildman–Crippen LogP) is 1.95. The van der Waals surface area contributed by atoms with Crippen molar-refractivity contribution in [1.29, 1.82) is 0 Å². The lowest BCUT2D eigenvalue weighted by molar-refractivity contribution is 0.0687. The fourth-order valence-electron chi connectivity index (χ4n) is 1.82. The smallest absolute Gasteiger partial charge is 0.337 e. The first kappa shape index (κ1) is 18.6. The monoisotopic (exact) mass is 334 g/mol. The number of carbonyl (C=O) groups is 2. The van der Waals surface area contributed by atoms with Gasteiger partial charge in [-0.05, 0) is 24.3 Å². The lowest BCUT2D eigenvalue weighted by Crippen LogP contribution is -2.03. The normalized spacial score (nSPS) is 9.42. The molecular formula is C16H18N2O6. The molecule has 0 fully saturated rings. The van der Waals surface area contributed by atoms with Crippen LogP contribution >= 0.6 is 0 Å². The number of carboxylic acids is 2. The number of carboxylic acid groups (broad SMARTS) is 2. The Balaban J connectivity index is 0.000000240. The molecule has 0 aliphatic carbocycles.